The zero-order valence-corrected chi connectivity index (χ0v) is 20.5. The Bertz CT molecular complexity index is 620. The van der Waals surface area contributed by atoms with Crippen molar-refractivity contribution in [1.82, 2.24) is 15.5 Å². The number of thioether (sulfide) groups is 1. The molecule has 164 valence electrons. The summed E-state index contributed by atoms with van der Waals surface area (Å²) in [7, 11) is 0. The van der Waals surface area contributed by atoms with Crippen LogP contribution in [0, 0.1) is 5.92 Å². The highest BCUT2D eigenvalue weighted by Gasteiger charge is 2.31. The van der Waals surface area contributed by atoms with Crippen LogP contribution in [0.3, 0.4) is 0 Å². The number of carbonyl (C=O) groups excluding carboxylic acids is 1. The van der Waals surface area contributed by atoms with Crippen molar-refractivity contribution in [2.45, 2.75) is 51.0 Å². The Labute approximate surface area is 196 Å². The number of rotatable bonds is 8. The molecule has 1 unspecified atom stereocenters. The van der Waals surface area contributed by atoms with Crippen LogP contribution in [0.15, 0.2) is 27.8 Å². The molecule has 29 heavy (non-hydrogen) atoms. The van der Waals surface area contributed by atoms with Crippen molar-refractivity contribution < 1.29 is 9.21 Å². The summed E-state index contributed by atoms with van der Waals surface area (Å²) in [5.41, 5.74) is 0. The van der Waals surface area contributed by atoms with E-state index in [4.69, 9.17) is 9.41 Å². The molecule has 6 nitrogen and oxygen atoms in total. The predicted octanol–water partition coefficient (Wildman–Crippen LogP) is 3.52. The van der Waals surface area contributed by atoms with E-state index in [-0.39, 0.29) is 35.9 Å². The molecule has 0 spiro atoms. The van der Waals surface area contributed by atoms with Gasteiger partial charge >= 0.3 is 0 Å². The normalized spacial score (nSPS) is 20.4. The van der Waals surface area contributed by atoms with E-state index < -0.39 is 0 Å². The highest BCUT2D eigenvalue weighted by molar-refractivity contribution is 14.0. The Morgan fingerprint density at radius 3 is 2.86 bits per heavy atom. The van der Waals surface area contributed by atoms with Crippen molar-refractivity contribution >= 4 is 47.6 Å². The van der Waals surface area contributed by atoms with E-state index in [0.717, 1.165) is 69.3 Å². The van der Waals surface area contributed by atoms with Crippen LogP contribution < -0.4 is 10.6 Å². The first-order valence-electron chi connectivity index (χ1n) is 10.6. The van der Waals surface area contributed by atoms with Crippen LogP contribution in [-0.2, 0) is 11.2 Å². The minimum Gasteiger partial charge on any atom is -0.469 e. The number of aliphatic imine (C=N–C) groups is 1. The Balaban J connectivity index is 0.00000300. The number of nitrogens with zero attached hydrogens (tertiary/aromatic N) is 2. The molecular weight excluding hydrogens is 499 g/mol. The molecule has 1 atom stereocenters. The van der Waals surface area contributed by atoms with Crippen molar-refractivity contribution in [1.29, 1.82) is 0 Å². The smallest absolute Gasteiger partial charge is 0.225 e. The van der Waals surface area contributed by atoms with Crippen molar-refractivity contribution in [3.05, 3.63) is 24.2 Å². The summed E-state index contributed by atoms with van der Waals surface area (Å²) < 4.78 is 5.40. The second kappa shape index (κ2) is 13.4. The van der Waals surface area contributed by atoms with E-state index in [9.17, 15) is 4.79 Å². The highest BCUT2D eigenvalue weighted by atomic mass is 127. The van der Waals surface area contributed by atoms with E-state index in [1.54, 1.807) is 18.0 Å². The number of hydrogen-bond acceptors (Lipinski definition) is 4. The third-order valence-electron chi connectivity index (χ3n) is 5.60. The topological polar surface area (TPSA) is 69.9 Å². The van der Waals surface area contributed by atoms with Gasteiger partial charge in [-0.2, -0.15) is 11.8 Å². The van der Waals surface area contributed by atoms with Gasteiger partial charge in [0.2, 0.25) is 5.91 Å². The van der Waals surface area contributed by atoms with Crippen LogP contribution in [-0.4, -0.2) is 61.0 Å². The van der Waals surface area contributed by atoms with Gasteiger partial charge in [-0.15, -0.1) is 24.0 Å². The Hall–Kier alpha value is -0.900. The van der Waals surface area contributed by atoms with Gasteiger partial charge in [0.25, 0.3) is 0 Å². The lowest BCUT2D eigenvalue weighted by Gasteiger charge is -2.26. The van der Waals surface area contributed by atoms with Gasteiger partial charge in [-0.05, 0) is 37.7 Å². The molecule has 2 aliphatic rings. The van der Waals surface area contributed by atoms with E-state index in [0.29, 0.717) is 5.91 Å². The number of halogens is 1. The fourth-order valence-corrected chi connectivity index (χ4v) is 4.31. The van der Waals surface area contributed by atoms with Gasteiger partial charge in [0, 0.05) is 43.8 Å². The quantitative estimate of drug-likeness (QED) is 0.231. The molecule has 8 heteroatoms. The lowest BCUT2D eigenvalue weighted by Crippen LogP contribution is -2.46. The minimum atomic E-state index is 0. The van der Waals surface area contributed by atoms with Crippen molar-refractivity contribution in [2.75, 3.05) is 38.2 Å². The molecule has 1 aromatic heterocycles. The van der Waals surface area contributed by atoms with Crippen LogP contribution in [0.1, 0.15) is 44.3 Å². The number of likely N-dealkylation sites (tertiary alicyclic amines) is 1. The summed E-state index contributed by atoms with van der Waals surface area (Å²) in [6.45, 7) is 3.21. The highest BCUT2D eigenvalue weighted by Crippen LogP contribution is 2.26. The first-order chi connectivity index (χ1) is 13.8. The van der Waals surface area contributed by atoms with Gasteiger partial charge in [0.15, 0.2) is 5.96 Å². The summed E-state index contributed by atoms with van der Waals surface area (Å²) in [6.07, 6.45) is 11.5. The summed E-state index contributed by atoms with van der Waals surface area (Å²) in [5, 5.41) is 6.97. The number of amides is 1. The summed E-state index contributed by atoms with van der Waals surface area (Å²) in [5.74, 6) is 3.45. The molecule has 3 rings (SSSR count). The molecule has 1 aromatic rings. The first kappa shape index (κ1) is 24.4. The average Bonchev–Trinajstić information content (AvgIpc) is 3.40. The summed E-state index contributed by atoms with van der Waals surface area (Å²) in [6, 6.07) is 4.18. The monoisotopic (exact) mass is 534 g/mol. The number of furan rings is 1. The van der Waals surface area contributed by atoms with Gasteiger partial charge < -0.3 is 20.0 Å². The lowest BCUT2D eigenvalue weighted by molar-refractivity contribution is -0.135. The molecule has 1 saturated carbocycles. The molecule has 2 heterocycles. The third kappa shape index (κ3) is 8.03. The second-order valence-electron chi connectivity index (χ2n) is 7.73. The zero-order chi connectivity index (χ0) is 19.6. The molecule has 2 N–H and O–H groups in total. The standard InChI is InChI=1S/C21H34N4O2S.HI/c1-28-15-12-23-21(22-11-9-19-8-5-14-27-19)24-18-10-13-25(16-18)20(26)17-6-3-2-4-7-17;/h5,8,14,17-18H,2-4,6-7,9-13,15-16H2,1H3,(H2,22,23,24);1H. The molecule has 1 saturated heterocycles. The SMILES string of the molecule is CSCCN=C(NCCc1ccco1)NC1CCN(C(=O)C2CCCCC2)C1.I. The minimum absolute atomic E-state index is 0. The predicted molar refractivity (Wildman–Crippen MR) is 131 cm³/mol. The second-order valence-corrected chi connectivity index (χ2v) is 8.71. The van der Waals surface area contributed by atoms with Crippen LogP contribution in [0.25, 0.3) is 0 Å². The van der Waals surface area contributed by atoms with Gasteiger partial charge in [-0.25, -0.2) is 0 Å². The Kier molecular flexibility index (Phi) is 11.3. The number of hydrogen-bond donors (Lipinski definition) is 2. The molecule has 1 amide bonds. The fraction of sp³-hybridized carbons (Fsp3) is 0.714. The Morgan fingerprint density at radius 1 is 1.31 bits per heavy atom. The molecule has 0 radical (unpaired) electrons. The maximum absolute atomic E-state index is 12.8. The summed E-state index contributed by atoms with van der Waals surface area (Å²) >= 11 is 1.80. The van der Waals surface area contributed by atoms with Crippen LogP contribution in [0.2, 0.25) is 0 Å². The molecule has 0 bridgehead atoms. The van der Waals surface area contributed by atoms with Crippen LogP contribution in [0.5, 0.6) is 0 Å². The first-order valence-corrected chi connectivity index (χ1v) is 12.0. The van der Waals surface area contributed by atoms with E-state index in [1.165, 1.54) is 19.3 Å². The van der Waals surface area contributed by atoms with Gasteiger partial charge in [-0.1, -0.05) is 19.3 Å². The zero-order valence-electron chi connectivity index (χ0n) is 17.4. The van der Waals surface area contributed by atoms with Crippen LogP contribution >= 0.6 is 35.7 Å². The lowest BCUT2D eigenvalue weighted by atomic mass is 9.88. The van der Waals surface area contributed by atoms with E-state index in [2.05, 4.69) is 21.8 Å². The summed E-state index contributed by atoms with van der Waals surface area (Å²) in [4.78, 5) is 19.5. The van der Waals surface area contributed by atoms with E-state index >= 15 is 0 Å². The van der Waals surface area contributed by atoms with Gasteiger partial charge in [0.05, 0.1) is 12.8 Å². The maximum atomic E-state index is 12.8. The average molecular weight is 535 g/mol. The number of carbonyl (C=O) groups is 1. The molecule has 1 aliphatic carbocycles. The molecule has 2 fully saturated rings. The number of guanidine groups is 1. The largest absolute Gasteiger partial charge is 0.469 e. The molecular formula is C21H35IN4O2S. The van der Waals surface area contributed by atoms with Crippen molar-refractivity contribution in [2.24, 2.45) is 10.9 Å². The third-order valence-corrected chi connectivity index (χ3v) is 6.20. The van der Waals surface area contributed by atoms with Gasteiger partial charge in [-0.3, -0.25) is 9.79 Å². The maximum Gasteiger partial charge on any atom is 0.225 e. The van der Waals surface area contributed by atoms with Crippen molar-refractivity contribution in [3.63, 3.8) is 0 Å². The Morgan fingerprint density at radius 2 is 2.14 bits per heavy atom. The van der Waals surface area contributed by atoms with Crippen LogP contribution in [0.4, 0.5) is 0 Å². The van der Waals surface area contributed by atoms with Gasteiger partial charge in [0.1, 0.15) is 5.76 Å². The fourth-order valence-electron chi connectivity index (χ4n) is 4.04. The van der Waals surface area contributed by atoms with Crippen molar-refractivity contribution in [3.8, 4) is 0 Å². The number of nitrogens with one attached hydrogen (secondary N) is 2. The van der Waals surface area contributed by atoms with E-state index in [1.807, 2.05) is 12.1 Å². The molecule has 0 aromatic carbocycles. The molecule has 1 aliphatic heterocycles.